The third-order valence-electron chi connectivity index (χ3n) is 3.25. The van der Waals surface area contributed by atoms with E-state index in [1.54, 1.807) is 4.90 Å². The van der Waals surface area contributed by atoms with Crippen LogP contribution in [0.3, 0.4) is 0 Å². The molecule has 0 spiro atoms. The topological polar surface area (TPSA) is 49.4 Å². The number of benzene rings is 1. The molecule has 1 heterocycles. The van der Waals surface area contributed by atoms with E-state index in [0.29, 0.717) is 18.1 Å². The van der Waals surface area contributed by atoms with E-state index in [1.807, 2.05) is 12.1 Å². The van der Waals surface area contributed by atoms with Crippen LogP contribution < -0.4 is 5.32 Å². The molecule has 1 N–H and O–H groups in total. The summed E-state index contributed by atoms with van der Waals surface area (Å²) in [5.74, 6) is -0.460. The number of rotatable bonds is 3. The van der Waals surface area contributed by atoms with Crippen LogP contribution in [0.15, 0.2) is 29.3 Å². The van der Waals surface area contributed by atoms with Crippen molar-refractivity contribution in [2.75, 3.05) is 13.1 Å². The lowest BCUT2D eigenvalue weighted by Gasteiger charge is -2.30. The van der Waals surface area contributed by atoms with E-state index < -0.39 is 0 Å². The monoisotopic (exact) mass is 356 g/mol. The smallest absolute Gasteiger partial charge is 0.243 e. The minimum atomic E-state index is -0.347. The van der Waals surface area contributed by atoms with E-state index in [9.17, 15) is 9.59 Å². The molecule has 0 saturated carbocycles. The zero-order chi connectivity index (χ0) is 14.7. The molecule has 4 nitrogen and oxygen atoms in total. The Bertz CT molecular complexity index is 575. The first-order chi connectivity index (χ1) is 9.52. The lowest BCUT2D eigenvalue weighted by molar-refractivity contribution is -0.132. The van der Waals surface area contributed by atoms with Gasteiger partial charge in [-0.25, -0.2) is 0 Å². The molecule has 0 aliphatic carbocycles. The van der Waals surface area contributed by atoms with Gasteiger partial charge >= 0.3 is 0 Å². The van der Waals surface area contributed by atoms with E-state index in [4.69, 9.17) is 11.6 Å². The first kappa shape index (κ1) is 15.1. The highest BCUT2D eigenvalue weighted by Crippen LogP contribution is 2.32. The van der Waals surface area contributed by atoms with Crippen molar-refractivity contribution in [3.05, 3.63) is 45.4 Å². The number of halogens is 2. The Hall–Kier alpha value is -1.33. The van der Waals surface area contributed by atoms with Crippen molar-refractivity contribution in [1.29, 1.82) is 0 Å². The maximum absolute atomic E-state index is 12.1. The van der Waals surface area contributed by atoms with Gasteiger partial charge in [-0.3, -0.25) is 9.59 Å². The van der Waals surface area contributed by atoms with Crippen molar-refractivity contribution in [3.63, 3.8) is 0 Å². The Morgan fingerprint density at radius 3 is 2.95 bits per heavy atom. The summed E-state index contributed by atoms with van der Waals surface area (Å²) in [5, 5.41) is 3.13. The molecule has 6 heteroatoms. The summed E-state index contributed by atoms with van der Waals surface area (Å²) in [7, 11) is 0. The first-order valence-corrected chi connectivity index (χ1v) is 7.34. The molecule has 2 rings (SSSR count). The van der Waals surface area contributed by atoms with Gasteiger partial charge in [0, 0.05) is 17.6 Å². The predicted octanol–water partition coefficient (Wildman–Crippen LogP) is 2.29. The normalized spacial score (nSPS) is 13.6. The second-order valence-corrected chi connectivity index (χ2v) is 5.69. The molecular weight excluding hydrogens is 344 g/mol. The van der Waals surface area contributed by atoms with Crippen LogP contribution in [-0.2, 0) is 22.6 Å². The van der Waals surface area contributed by atoms with E-state index in [1.165, 1.54) is 5.56 Å². The minimum absolute atomic E-state index is 0.0155. The fourth-order valence-electron chi connectivity index (χ4n) is 2.12. The lowest BCUT2D eigenvalue weighted by atomic mass is 10.00. The van der Waals surface area contributed by atoms with Gasteiger partial charge in [0.2, 0.25) is 11.8 Å². The Morgan fingerprint density at radius 2 is 2.25 bits per heavy atom. The number of nitrogens with zero attached hydrogens (tertiary/aromatic N) is 1. The van der Waals surface area contributed by atoms with Crippen LogP contribution in [0.5, 0.6) is 0 Å². The number of hydrogen-bond donors (Lipinski definition) is 1. The first-order valence-electron chi connectivity index (χ1n) is 6.16. The molecule has 2 amide bonds. The molecule has 1 aromatic rings. The molecule has 0 fully saturated rings. The fourth-order valence-corrected chi connectivity index (χ4v) is 2.81. The van der Waals surface area contributed by atoms with Crippen molar-refractivity contribution < 1.29 is 9.59 Å². The second-order valence-electron chi connectivity index (χ2n) is 4.49. The average Bonchev–Trinajstić information content (AvgIpc) is 2.48. The SMILES string of the molecule is C=CC(=O)NCC(=O)N1CCc2ccc(Cl)c(Br)c2C1. The molecule has 0 unspecified atom stereocenters. The van der Waals surface area contributed by atoms with Gasteiger partial charge in [-0.05, 0) is 45.6 Å². The molecule has 0 saturated heterocycles. The standard InChI is InChI=1S/C14H14BrClN2O2/c1-2-12(19)17-7-13(20)18-6-5-9-3-4-11(16)14(15)10(9)8-18/h2-4H,1,5-8H2,(H,17,19). The summed E-state index contributed by atoms with van der Waals surface area (Å²) < 4.78 is 0.837. The van der Waals surface area contributed by atoms with Crippen LogP contribution in [0.1, 0.15) is 11.1 Å². The molecule has 1 aromatic carbocycles. The van der Waals surface area contributed by atoms with Crippen molar-refractivity contribution in [1.82, 2.24) is 10.2 Å². The average molecular weight is 358 g/mol. The molecule has 1 aliphatic heterocycles. The third kappa shape index (κ3) is 3.22. The maximum atomic E-state index is 12.1. The predicted molar refractivity (Wildman–Crippen MR) is 81.5 cm³/mol. The highest BCUT2D eigenvalue weighted by Gasteiger charge is 2.23. The summed E-state index contributed by atoms with van der Waals surface area (Å²) >= 11 is 9.54. The van der Waals surface area contributed by atoms with Gasteiger partial charge in [0.25, 0.3) is 0 Å². The maximum Gasteiger partial charge on any atom is 0.243 e. The molecule has 0 atom stereocenters. The summed E-state index contributed by atoms with van der Waals surface area (Å²) in [5.41, 5.74) is 2.23. The summed E-state index contributed by atoms with van der Waals surface area (Å²) in [4.78, 5) is 24.8. The van der Waals surface area contributed by atoms with Crippen molar-refractivity contribution >= 4 is 39.3 Å². The molecule has 1 aliphatic rings. The summed E-state index contributed by atoms with van der Waals surface area (Å²) in [6.07, 6.45) is 1.93. The zero-order valence-electron chi connectivity index (χ0n) is 10.8. The molecule has 0 radical (unpaired) electrons. The highest BCUT2D eigenvalue weighted by molar-refractivity contribution is 9.10. The van der Waals surface area contributed by atoms with Crippen LogP contribution >= 0.6 is 27.5 Å². The third-order valence-corrected chi connectivity index (χ3v) is 4.69. The second kappa shape index (κ2) is 6.41. The quantitative estimate of drug-likeness (QED) is 0.844. The van der Waals surface area contributed by atoms with Gasteiger partial charge < -0.3 is 10.2 Å². The van der Waals surface area contributed by atoms with E-state index in [0.717, 1.165) is 22.5 Å². The van der Waals surface area contributed by atoms with Crippen molar-refractivity contribution in [2.45, 2.75) is 13.0 Å². The molecule has 0 aromatic heterocycles. The van der Waals surface area contributed by atoms with Crippen LogP contribution in [-0.4, -0.2) is 29.8 Å². The summed E-state index contributed by atoms with van der Waals surface area (Å²) in [6.45, 7) is 4.47. The van der Waals surface area contributed by atoms with E-state index >= 15 is 0 Å². The Morgan fingerprint density at radius 1 is 1.50 bits per heavy atom. The lowest BCUT2D eigenvalue weighted by Crippen LogP contribution is -2.42. The molecule has 106 valence electrons. The van der Waals surface area contributed by atoms with Crippen LogP contribution in [0.4, 0.5) is 0 Å². The van der Waals surface area contributed by atoms with Crippen LogP contribution in [0.25, 0.3) is 0 Å². The number of nitrogens with one attached hydrogen (secondary N) is 1. The molecule has 20 heavy (non-hydrogen) atoms. The van der Waals surface area contributed by atoms with Crippen LogP contribution in [0, 0.1) is 0 Å². The largest absolute Gasteiger partial charge is 0.343 e. The van der Waals surface area contributed by atoms with Gasteiger partial charge in [0.15, 0.2) is 0 Å². The molecular formula is C14H14BrClN2O2. The Balaban J connectivity index is 2.07. The minimum Gasteiger partial charge on any atom is -0.343 e. The van der Waals surface area contributed by atoms with Gasteiger partial charge in [0.05, 0.1) is 11.6 Å². The van der Waals surface area contributed by atoms with E-state index in [2.05, 4.69) is 27.8 Å². The van der Waals surface area contributed by atoms with Gasteiger partial charge in [-0.15, -0.1) is 0 Å². The number of fused-ring (bicyclic) bond motifs is 1. The highest BCUT2D eigenvalue weighted by atomic mass is 79.9. The Kier molecular flexibility index (Phi) is 4.83. The van der Waals surface area contributed by atoms with Gasteiger partial charge in [0.1, 0.15) is 0 Å². The van der Waals surface area contributed by atoms with Crippen molar-refractivity contribution in [3.8, 4) is 0 Å². The number of carbonyl (C=O) groups excluding carboxylic acids is 2. The van der Waals surface area contributed by atoms with Crippen LogP contribution in [0.2, 0.25) is 5.02 Å². The summed E-state index contributed by atoms with van der Waals surface area (Å²) in [6, 6.07) is 3.84. The fraction of sp³-hybridized carbons (Fsp3) is 0.286. The Labute approximate surface area is 130 Å². The molecule has 0 bridgehead atoms. The number of hydrogen-bond acceptors (Lipinski definition) is 2. The van der Waals surface area contributed by atoms with Gasteiger partial charge in [-0.1, -0.05) is 24.2 Å². The van der Waals surface area contributed by atoms with E-state index in [-0.39, 0.29) is 18.4 Å². The zero-order valence-corrected chi connectivity index (χ0v) is 13.1. The van der Waals surface area contributed by atoms with Crippen molar-refractivity contribution in [2.24, 2.45) is 0 Å². The number of carbonyl (C=O) groups is 2. The number of amides is 2. The van der Waals surface area contributed by atoms with Gasteiger partial charge in [-0.2, -0.15) is 0 Å².